The molecule has 25 heavy (non-hydrogen) atoms. The second-order valence-electron chi connectivity index (χ2n) is 6.99. The van der Waals surface area contributed by atoms with Gasteiger partial charge in [-0.2, -0.15) is 5.10 Å². The van der Waals surface area contributed by atoms with Crippen LogP contribution in [0.3, 0.4) is 0 Å². The standard InChI is InChI=1S/C18H35N5O.HI/c1-14(2)8-10-24-11-9-20-18(19-5)22(6)12-16-13-23(7)21-17(16)15(3)4;/h13-15H,8-12H2,1-7H3,(H,19,20);1H. The molecule has 0 atom stereocenters. The molecule has 0 fully saturated rings. The summed E-state index contributed by atoms with van der Waals surface area (Å²) in [6.07, 6.45) is 3.20. The van der Waals surface area contributed by atoms with Crippen LogP contribution in [0.2, 0.25) is 0 Å². The van der Waals surface area contributed by atoms with Crippen LogP contribution in [-0.4, -0.2) is 54.5 Å². The number of hydrogen-bond donors (Lipinski definition) is 1. The molecule has 0 amide bonds. The monoisotopic (exact) mass is 465 g/mol. The summed E-state index contributed by atoms with van der Waals surface area (Å²) < 4.78 is 7.53. The summed E-state index contributed by atoms with van der Waals surface area (Å²) in [5.41, 5.74) is 2.39. The van der Waals surface area contributed by atoms with Crippen LogP contribution in [0.4, 0.5) is 0 Å². The van der Waals surface area contributed by atoms with Crippen molar-refractivity contribution in [3.8, 4) is 0 Å². The number of aromatic nitrogens is 2. The summed E-state index contributed by atoms with van der Waals surface area (Å²) in [5, 5.41) is 7.92. The lowest BCUT2D eigenvalue weighted by Crippen LogP contribution is -2.40. The van der Waals surface area contributed by atoms with Gasteiger partial charge in [-0.1, -0.05) is 27.7 Å². The van der Waals surface area contributed by atoms with Gasteiger partial charge in [0.1, 0.15) is 0 Å². The first-order chi connectivity index (χ1) is 11.3. The van der Waals surface area contributed by atoms with Crippen LogP contribution in [-0.2, 0) is 18.3 Å². The molecule has 1 aromatic heterocycles. The molecule has 1 aromatic rings. The van der Waals surface area contributed by atoms with Gasteiger partial charge < -0.3 is 15.0 Å². The van der Waals surface area contributed by atoms with E-state index in [-0.39, 0.29) is 24.0 Å². The van der Waals surface area contributed by atoms with Gasteiger partial charge in [-0.15, -0.1) is 24.0 Å². The molecule has 0 bridgehead atoms. The Morgan fingerprint density at radius 1 is 1.32 bits per heavy atom. The molecule has 0 spiro atoms. The molecule has 0 aromatic carbocycles. The number of rotatable bonds is 9. The van der Waals surface area contributed by atoms with E-state index in [0.717, 1.165) is 37.8 Å². The lowest BCUT2D eigenvalue weighted by molar-refractivity contribution is 0.127. The number of nitrogens with one attached hydrogen (secondary N) is 1. The van der Waals surface area contributed by atoms with Crippen molar-refractivity contribution >= 4 is 29.9 Å². The van der Waals surface area contributed by atoms with Crippen LogP contribution in [0.25, 0.3) is 0 Å². The number of ether oxygens (including phenoxy) is 1. The largest absolute Gasteiger partial charge is 0.380 e. The fourth-order valence-corrected chi connectivity index (χ4v) is 2.53. The van der Waals surface area contributed by atoms with Crippen LogP contribution in [0, 0.1) is 5.92 Å². The summed E-state index contributed by atoms with van der Waals surface area (Å²) >= 11 is 0. The number of hydrogen-bond acceptors (Lipinski definition) is 3. The van der Waals surface area contributed by atoms with Crippen molar-refractivity contribution in [2.45, 2.75) is 46.6 Å². The van der Waals surface area contributed by atoms with Gasteiger partial charge in [0.15, 0.2) is 5.96 Å². The van der Waals surface area contributed by atoms with Crippen LogP contribution < -0.4 is 5.32 Å². The molecule has 0 saturated carbocycles. The highest BCUT2D eigenvalue weighted by atomic mass is 127. The lowest BCUT2D eigenvalue weighted by Gasteiger charge is -2.22. The molecule has 1 N–H and O–H groups in total. The number of aliphatic imine (C=N–C) groups is 1. The summed E-state index contributed by atoms with van der Waals surface area (Å²) in [7, 11) is 5.83. The molecule has 7 heteroatoms. The molecule has 146 valence electrons. The number of aryl methyl sites for hydroxylation is 1. The Morgan fingerprint density at radius 3 is 2.56 bits per heavy atom. The quantitative estimate of drug-likeness (QED) is 0.263. The Balaban J connectivity index is 0.00000576. The Bertz CT molecular complexity index is 514. The predicted molar refractivity (Wildman–Crippen MR) is 116 cm³/mol. The van der Waals surface area contributed by atoms with Gasteiger partial charge in [0.2, 0.25) is 0 Å². The van der Waals surface area contributed by atoms with Crippen LogP contribution in [0.5, 0.6) is 0 Å². The molecule has 1 heterocycles. The van der Waals surface area contributed by atoms with E-state index < -0.39 is 0 Å². The minimum absolute atomic E-state index is 0. The Hall–Kier alpha value is -0.830. The first-order valence-electron chi connectivity index (χ1n) is 8.87. The Morgan fingerprint density at radius 2 is 2.00 bits per heavy atom. The van der Waals surface area contributed by atoms with Crippen molar-refractivity contribution < 1.29 is 4.74 Å². The van der Waals surface area contributed by atoms with Crippen LogP contribution in [0.15, 0.2) is 11.2 Å². The molecule has 1 rings (SSSR count). The molecule has 0 radical (unpaired) electrons. The second kappa shape index (κ2) is 12.5. The van der Waals surface area contributed by atoms with Gasteiger partial charge in [0.25, 0.3) is 0 Å². The zero-order chi connectivity index (χ0) is 18.1. The Labute approximate surface area is 170 Å². The summed E-state index contributed by atoms with van der Waals surface area (Å²) in [6, 6.07) is 0. The maximum Gasteiger partial charge on any atom is 0.193 e. The van der Waals surface area contributed by atoms with E-state index in [4.69, 9.17) is 4.74 Å². The number of nitrogens with zero attached hydrogens (tertiary/aromatic N) is 4. The van der Waals surface area contributed by atoms with E-state index in [1.165, 1.54) is 5.56 Å². The molecule has 0 aliphatic carbocycles. The molecular weight excluding hydrogens is 429 g/mol. The van der Waals surface area contributed by atoms with Gasteiger partial charge >= 0.3 is 0 Å². The van der Waals surface area contributed by atoms with Crippen molar-refractivity contribution in [3.05, 3.63) is 17.5 Å². The summed E-state index contributed by atoms with van der Waals surface area (Å²) in [5.74, 6) is 1.98. The van der Waals surface area contributed by atoms with E-state index in [2.05, 4.69) is 54.2 Å². The van der Waals surface area contributed by atoms with E-state index >= 15 is 0 Å². The van der Waals surface area contributed by atoms with Gasteiger partial charge in [-0.25, -0.2) is 0 Å². The fourth-order valence-electron chi connectivity index (χ4n) is 2.53. The predicted octanol–water partition coefficient (Wildman–Crippen LogP) is 3.23. The zero-order valence-electron chi connectivity index (χ0n) is 16.9. The molecular formula is C18H36IN5O. The smallest absolute Gasteiger partial charge is 0.193 e. The van der Waals surface area contributed by atoms with E-state index in [9.17, 15) is 0 Å². The summed E-state index contributed by atoms with van der Waals surface area (Å²) in [6.45, 7) is 11.8. The van der Waals surface area contributed by atoms with Crippen molar-refractivity contribution in [3.63, 3.8) is 0 Å². The third kappa shape index (κ3) is 8.89. The minimum Gasteiger partial charge on any atom is -0.380 e. The van der Waals surface area contributed by atoms with Crippen molar-refractivity contribution in [2.24, 2.45) is 18.0 Å². The molecule has 0 aliphatic rings. The third-order valence-electron chi connectivity index (χ3n) is 3.83. The zero-order valence-corrected chi connectivity index (χ0v) is 19.2. The maximum atomic E-state index is 5.64. The van der Waals surface area contributed by atoms with Gasteiger partial charge in [-0.3, -0.25) is 9.67 Å². The SMILES string of the molecule is CN=C(NCCOCCC(C)C)N(C)Cc1cn(C)nc1C(C)C.I. The van der Waals surface area contributed by atoms with Crippen LogP contribution >= 0.6 is 24.0 Å². The average molecular weight is 465 g/mol. The van der Waals surface area contributed by atoms with E-state index in [1.807, 2.05) is 25.8 Å². The van der Waals surface area contributed by atoms with E-state index in [0.29, 0.717) is 18.4 Å². The second-order valence-corrected chi connectivity index (χ2v) is 6.99. The molecule has 0 aliphatic heterocycles. The first kappa shape index (κ1) is 24.2. The average Bonchev–Trinajstić information content (AvgIpc) is 2.87. The van der Waals surface area contributed by atoms with Crippen molar-refractivity contribution in [2.75, 3.05) is 33.9 Å². The highest BCUT2D eigenvalue weighted by Crippen LogP contribution is 2.18. The highest BCUT2D eigenvalue weighted by molar-refractivity contribution is 14.0. The van der Waals surface area contributed by atoms with Crippen molar-refractivity contribution in [1.82, 2.24) is 20.0 Å². The molecule has 6 nitrogen and oxygen atoms in total. The molecule has 0 unspecified atom stereocenters. The third-order valence-corrected chi connectivity index (χ3v) is 3.83. The van der Waals surface area contributed by atoms with Crippen molar-refractivity contribution in [1.29, 1.82) is 0 Å². The molecule has 0 saturated heterocycles. The maximum absolute atomic E-state index is 5.64. The topological polar surface area (TPSA) is 54.7 Å². The Kier molecular flexibility index (Phi) is 12.1. The summed E-state index contributed by atoms with van der Waals surface area (Å²) in [4.78, 5) is 6.48. The first-order valence-corrected chi connectivity index (χ1v) is 8.87. The highest BCUT2D eigenvalue weighted by Gasteiger charge is 2.14. The fraction of sp³-hybridized carbons (Fsp3) is 0.778. The lowest BCUT2D eigenvalue weighted by atomic mass is 10.1. The van der Waals surface area contributed by atoms with Gasteiger partial charge in [0.05, 0.1) is 12.3 Å². The number of guanidine groups is 1. The minimum atomic E-state index is 0. The normalized spacial score (nSPS) is 11.8. The van der Waals surface area contributed by atoms with Crippen LogP contribution in [0.1, 0.15) is 51.3 Å². The van der Waals surface area contributed by atoms with E-state index in [1.54, 1.807) is 0 Å². The van der Waals surface area contributed by atoms with Gasteiger partial charge in [0, 0.05) is 52.6 Å². The number of halogens is 1. The van der Waals surface area contributed by atoms with Gasteiger partial charge in [-0.05, 0) is 18.3 Å².